The van der Waals surface area contributed by atoms with E-state index in [-0.39, 0.29) is 34.8 Å². The molecular formula is C16H13N5O6. The summed E-state index contributed by atoms with van der Waals surface area (Å²) in [5, 5.41) is 28.3. The Morgan fingerprint density at radius 1 is 1.07 bits per heavy atom. The second-order valence-electron chi connectivity index (χ2n) is 6.47. The topological polar surface area (TPSA) is 170 Å². The first-order valence-electron chi connectivity index (χ1n) is 8.07. The van der Waals surface area contributed by atoms with Gasteiger partial charge in [-0.15, -0.1) is 0 Å². The number of dihydropyridines is 1. The van der Waals surface area contributed by atoms with Gasteiger partial charge in [-0.2, -0.15) is 0 Å². The smallest absolute Gasteiger partial charge is 0.310 e. The molecule has 1 amide bonds. The monoisotopic (exact) mass is 371 g/mol. The molecule has 1 aromatic rings. The Morgan fingerprint density at radius 3 is 2.48 bits per heavy atom. The van der Waals surface area contributed by atoms with Crippen LogP contribution < -0.4 is 16.4 Å². The van der Waals surface area contributed by atoms with Gasteiger partial charge in [0.1, 0.15) is 0 Å². The van der Waals surface area contributed by atoms with Gasteiger partial charge in [-0.3, -0.25) is 29.8 Å². The number of Topliss-reactive ketones (excluding diaryl/α,β-unsaturated/α-hetero) is 1. The third-order valence-electron chi connectivity index (χ3n) is 5.07. The lowest BCUT2D eigenvalue weighted by atomic mass is 9.66. The number of nitrogens with zero attached hydrogens (tertiary/aromatic N) is 2. The number of benzene rings is 1. The minimum absolute atomic E-state index is 0.0133. The maximum atomic E-state index is 13.1. The summed E-state index contributed by atoms with van der Waals surface area (Å²) in [6.07, 6.45) is 1.00. The van der Waals surface area contributed by atoms with Gasteiger partial charge in [0.2, 0.25) is 5.41 Å². The number of nitro groups is 2. The van der Waals surface area contributed by atoms with E-state index in [0.717, 1.165) is 6.07 Å². The number of hydrogen-bond acceptors (Lipinski definition) is 8. The fraction of sp³-hybridized carbons (Fsp3) is 0.250. The predicted octanol–water partition coefficient (Wildman–Crippen LogP) is 0.799. The van der Waals surface area contributed by atoms with Gasteiger partial charge in [0.15, 0.2) is 11.6 Å². The Hall–Kier alpha value is -3.76. The minimum Gasteiger partial charge on any atom is -0.380 e. The van der Waals surface area contributed by atoms with E-state index in [4.69, 9.17) is 5.73 Å². The lowest BCUT2D eigenvalue weighted by Gasteiger charge is -2.35. The second kappa shape index (κ2) is 5.37. The van der Waals surface area contributed by atoms with Crippen molar-refractivity contribution in [3.8, 4) is 0 Å². The van der Waals surface area contributed by atoms with E-state index < -0.39 is 32.6 Å². The molecular weight excluding hydrogens is 358 g/mol. The fourth-order valence-electron chi connectivity index (χ4n) is 4.07. The van der Waals surface area contributed by atoms with E-state index in [1.165, 1.54) is 12.1 Å². The number of nitrogens with one attached hydrogen (secondary N) is 2. The highest BCUT2D eigenvalue weighted by atomic mass is 16.6. The van der Waals surface area contributed by atoms with Crippen molar-refractivity contribution in [3.05, 3.63) is 66.8 Å². The minimum atomic E-state index is -2.12. The van der Waals surface area contributed by atoms with Crippen LogP contribution in [0.5, 0.6) is 0 Å². The predicted molar refractivity (Wildman–Crippen MR) is 90.6 cm³/mol. The van der Waals surface area contributed by atoms with Crippen LogP contribution in [0.2, 0.25) is 0 Å². The molecule has 0 saturated carbocycles. The lowest BCUT2D eigenvalue weighted by molar-refractivity contribution is -0.434. The van der Waals surface area contributed by atoms with E-state index in [9.17, 15) is 29.8 Å². The summed E-state index contributed by atoms with van der Waals surface area (Å²) in [7, 11) is 0. The number of fused-ring (bicyclic) bond motifs is 3. The van der Waals surface area contributed by atoms with Crippen molar-refractivity contribution in [1.29, 1.82) is 0 Å². The third-order valence-corrected chi connectivity index (χ3v) is 5.07. The zero-order chi connectivity index (χ0) is 19.5. The van der Waals surface area contributed by atoms with E-state index in [1.54, 1.807) is 0 Å². The van der Waals surface area contributed by atoms with Crippen LogP contribution in [0.25, 0.3) is 0 Å². The van der Waals surface area contributed by atoms with E-state index >= 15 is 0 Å². The molecule has 2 aliphatic heterocycles. The molecule has 4 rings (SSSR count). The molecule has 1 atom stereocenters. The molecule has 138 valence electrons. The summed E-state index contributed by atoms with van der Waals surface area (Å²) in [6, 6.07) is 3.56. The summed E-state index contributed by atoms with van der Waals surface area (Å²) in [6.45, 7) is 0. The van der Waals surface area contributed by atoms with Gasteiger partial charge >= 0.3 is 5.70 Å². The third kappa shape index (κ3) is 2.02. The number of carbonyl (C=O) groups excluding carboxylic acids is 2. The Kier molecular flexibility index (Phi) is 3.32. The molecule has 3 aliphatic rings. The van der Waals surface area contributed by atoms with Crippen LogP contribution in [-0.4, -0.2) is 21.5 Å². The molecule has 0 radical (unpaired) electrons. The molecule has 0 unspecified atom stereocenters. The number of nitro benzene ring substituents is 1. The molecule has 0 fully saturated rings. The summed E-state index contributed by atoms with van der Waals surface area (Å²) in [5.74, 6) is -1.61. The average molecular weight is 371 g/mol. The van der Waals surface area contributed by atoms with Gasteiger partial charge in [-0.05, 0) is 18.9 Å². The number of nitrogens with two attached hydrogens (primary N) is 1. The van der Waals surface area contributed by atoms with Crippen LogP contribution in [-0.2, 0) is 15.0 Å². The second-order valence-corrected chi connectivity index (χ2v) is 6.47. The van der Waals surface area contributed by atoms with Crippen molar-refractivity contribution >= 4 is 23.1 Å². The van der Waals surface area contributed by atoms with E-state index in [2.05, 4.69) is 10.6 Å². The number of rotatable bonds is 2. The quantitative estimate of drug-likeness (QED) is 0.506. The molecule has 2 heterocycles. The van der Waals surface area contributed by atoms with E-state index in [0.29, 0.717) is 18.5 Å². The number of carbonyl (C=O) groups is 2. The van der Waals surface area contributed by atoms with Crippen molar-refractivity contribution in [3.63, 3.8) is 0 Å². The summed E-state index contributed by atoms with van der Waals surface area (Å²) in [4.78, 5) is 47.4. The van der Waals surface area contributed by atoms with Crippen molar-refractivity contribution in [2.45, 2.75) is 24.7 Å². The molecule has 0 aromatic heterocycles. The normalized spacial score (nSPS) is 23.7. The van der Waals surface area contributed by atoms with Crippen molar-refractivity contribution in [2.24, 2.45) is 5.73 Å². The van der Waals surface area contributed by atoms with Crippen LogP contribution in [0, 0.1) is 20.2 Å². The molecule has 27 heavy (non-hydrogen) atoms. The Morgan fingerprint density at radius 2 is 1.81 bits per heavy atom. The number of amides is 1. The van der Waals surface area contributed by atoms with Crippen molar-refractivity contribution in [1.82, 2.24) is 5.32 Å². The van der Waals surface area contributed by atoms with Gasteiger partial charge in [-0.1, -0.05) is 0 Å². The molecule has 11 nitrogen and oxygen atoms in total. The average Bonchev–Trinajstić information content (AvgIpc) is 2.86. The van der Waals surface area contributed by atoms with Crippen LogP contribution in [0.3, 0.4) is 0 Å². The number of hydrogen-bond donors (Lipinski definition) is 3. The van der Waals surface area contributed by atoms with E-state index in [1.807, 2.05) is 0 Å². The zero-order valence-corrected chi connectivity index (χ0v) is 13.8. The fourth-order valence-corrected chi connectivity index (χ4v) is 4.07. The summed E-state index contributed by atoms with van der Waals surface area (Å²) in [5.41, 5.74) is 3.13. The maximum Gasteiger partial charge on any atom is 0.310 e. The highest BCUT2D eigenvalue weighted by Gasteiger charge is 2.64. The first kappa shape index (κ1) is 16.7. The first-order valence-corrected chi connectivity index (χ1v) is 8.07. The molecule has 11 heteroatoms. The van der Waals surface area contributed by atoms with Crippen molar-refractivity contribution < 1.29 is 19.4 Å². The molecule has 1 aliphatic carbocycles. The largest absolute Gasteiger partial charge is 0.380 e. The summed E-state index contributed by atoms with van der Waals surface area (Å²) >= 11 is 0. The molecule has 1 spiro atoms. The zero-order valence-electron chi connectivity index (χ0n) is 13.8. The van der Waals surface area contributed by atoms with Gasteiger partial charge in [0.25, 0.3) is 11.6 Å². The summed E-state index contributed by atoms with van der Waals surface area (Å²) < 4.78 is 0. The van der Waals surface area contributed by atoms with Crippen LogP contribution in [0.4, 0.5) is 11.4 Å². The van der Waals surface area contributed by atoms with Crippen LogP contribution in [0.15, 0.2) is 41.0 Å². The van der Waals surface area contributed by atoms with Crippen molar-refractivity contribution in [2.75, 3.05) is 5.32 Å². The van der Waals surface area contributed by atoms with Crippen LogP contribution in [0.1, 0.15) is 24.8 Å². The standard InChI is InChI=1S/C16H13N5O6/c17-14-13(21(26)27)16(12-10(18-14)2-1-3-11(12)22)8-6-7(20(24)25)4-5-9(8)19-15(16)23/h4-6,18H,1-3,17H2,(H,19,23)/t16-/m0/s1. The molecule has 4 N–H and O–H groups in total. The lowest BCUT2D eigenvalue weighted by Crippen LogP contribution is -2.51. The van der Waals surface area contributed by atoms with Gasteiger partial charge in [-0.25, -0.2) is 0 Å². The number of ketones is 1. The molecule has 0 saturated heterocycles. The van der Waals surface area contributed by atoms with Gasteiger partial charge < -0.3 is 16.4 Å². The highest BCUT2D eigenvalue weighted by Crippen LogP contribution is 2.53. The first-order chi connectivity index (χ1) is 12.8. The number of non-ortho nitro benzene ring substituents is 1. The highest BCUT2D eigenvalue weighted by molar-refractivity contribution is 6.18. The van der Waals surface area contributed by atoms with Gasteiger partial charge in [0.05, 0.1) is 9.85 Å². The number of anilines is 1. The maximum absolute atomic E-state index is 13.1. The van der Waals surface area contributed by atoms with Crippen LogP contribution >= 0.6 is 0 Å². The Balaban J connectivity index is 2.13. The number of allylic oxidation sites excluding steroid dienone is 1. The Labute approximate surface area is 151 Å². The van der Waals surface area contributed by atoms with Gasteiger partial charge in [0, 0.05) is 41.1 Å². The Bertz CT molecular complexity index is 1030. The SMILES string of the molecule is NC1=C([N+](=O)[O-])[C@@]2(C(=O)Nc3ccc([N+](=O)[O-])cc32)C2=C(CCCC2=O)N1. The molecule has 0 bridgehead atoms. The molecule has 1 aromatic carbocycles.